The molecule has 4 nitrogen and oxygen atoms in total. The number of Topliss-reactive ketones (excluding diaryl/α,β-unsaturated/α-hetero) is 1. The largest absolute Gasteiger partial charge is 0.377 e. The molecular weight excluding hydrogens is 411 g/mol. The van der Waals surface area contributed by atoms with Crippen LogP contribution in [-0.2, 0) is 17.8 Å². The van der Waals surface area contributed by atoms with Crippen molar-refractivity contribution in [2.45, 2.75) is 51.8 Å². The highest BCUT2D eigenvalue weighted by molar-refractivity contribution is 7.12. The van der Waals surface area contributed by atoms with Gasteiger partial charge in [0.05, 0.1) is 11.0 Å². The SMILES string of the molecule is CC(=O)c1cc(CN(CC2CCN(Cc3ccccc3F)CC2)C[C@@H]2CCCO2)cs1. The van der Waals surface area contributed by atoms with Gasteiger partial charge in [-0.25, -0.2) is 4.39 Å². The van der Waals surface area contributed by atoms with Crippen LogP contribution in [-0.4, -0.2) is 54.5 Å². The molecule has 0 radical (unpaired) electrons. The van der Waals surface area contributed by atoms with Gasteiger partial charge in [-0.05, 0) is 74.7 Å². The maximum absolute atomic E-state index is 14.0. The van der Waals surface area contributed by atoms with Gasteiger partial charge in [-0.1, -0.05) is 18.2 Å². The van der Waals surface area contributed by atoms with E-state index >= 15 is 0 Å². The zero-order chi connectivity index (χ0) is 21.6. The van der Waals surface area contributed by atoms with Gasteiger partial charge in [-0.15, -0.1) is 11.3 Å². The lowest BCUT2D eigenvalue weighted by molar-refractivity contribution is 0.0570. The fourth-order valence-electron chi connectivity index (χ4n) is 4.74. The second-order valence-corrected chi connectivity index (χ2v) is 9.93. The summed E-state index contributed by atoms with van der Waals surface area (Å²) in [5.74, 6) is 0.682. The Morgan fingerprint density at radius 2 is 2.03 bits per heavy atom. The molecular formula is C25H33FN2O2S. The fraction of sp³-hybridized carbons (Fsp3) is 0.560. The van der Waals surface area contributed by atoms with E-state index in [-0.39, 0.29) is 11.6 Å². The molecule has 6 heteroatoms. The molecule has 4 rings (SSSR count). The summed E-state index contributed by atoms with van der Waals surface area (Å²) in [4.78, 5) is 17.4. The van der Waals surface area contributed by atoms with E-state index in [1.807, 2.05) is 18.2 Å². The molecule has 2 aliphatic heterocycles. The summed E-state index contributed by atoms with van der Waals surface area (Å²) in [5, 5.41) is 2.12. The lowest BCUT2D eigenvalue weighted by Crippen LogP contribution is -2.40. The molecule has 2 aliphatic rings. The minimum atomic E-state index is -0.104. The molecule has 2 aromatic rings. The Labute approximate surface area is 189 Å². The Balaban J connectivity index is 1.32. The first kappa shape index (κ1) is 22.6. The van der Waals surface area contributed by atoms with Crippen molar-refractivity contribution in [3.05, 3.63) is 57.5 Å². The topological polar surface area (TPSA) is 32.8 Å². The van der Waals surface area contributed by atoms with E-state index in [2.05, 4.69) is 15.2 Å². The summed E-state index contributed by atoms with van der Waals surface area (Å²) >= 11 is 1.55. The molecule has 0 spiro atoms. The van der Waals surface area contributed by atoms with Gasteiger partial charge in [-0.3, -0.25) is 14.6 Å². The number of piperidine rings is 1. The van der Waals surface area contributed by atoms with Crippen LogP contribution in [0.3, 0.4) is 0 Å². The Hall–Kier alpha value is -1.60. The Morgan fingerprint density at radius 3 is 2.71 bits per heavy atom. The number of hydrogen-bond donors (Lipinski definition) is 0. The van der Waals surface area contributed by atoms with Gasteiger partial charge in [-0.2, -0.15) is 0 Å². The van der Waals surface area contributed by atoms with Crippen LogP contribution in [0.2, 0.25) is 0 Å². The summed E-state index contributed by atoms with van der Waals surface area (Å²) in [6.45, 7) is 8.12. The van der Waals surface area contributed by atoms with Crippen molar-refractivity contribution in [1.29, 1.82) is 0 Å². The molecule has 31 heavy (non-hydrogen) atoms. The van der Waals surface area contributed by atoms with E-state index in [0.717, 1.165) is 75.5 Å². The van der Waals surface area contributed by atoms with Crippen molar-refractivity contribution in [3.63, 3.8) is 0 Å². The molecule has 0 aliphatic carbocycles. The first-order chi connectivity index (χ1) is 15.1. The number of hydrogen-bond acceptors (Lipinski definition) is 5. The number of likely N-dealkylation sites (tertiary alicyclic amines) is 1. The van der Waals surface area contributed by atoms with Crippen molar-refractivity contribution in [1.82, 2.24) is 9.80 Å². The maximum Gasteiger partial charge on any atom is 0.169 e. The molecule has 1 aromatic heterocycles. The third-order valence-electron chi connectivity index (χ3n) is 6.47. The number of halogens is 1. The van der Waals surface area contributed by atoms with Crippen molar-refractivity contribution in [2.24, 2.45) is 5.92 Å². The molecule has 0 amide bonds. The minimum absolute atomic E-state index is 0.104. The predicted octanol–water partition coefficient (Wildman–Crippen LogP) is 4.98. The summed E-state index contributed by atoms with van der Waals surface area (Å²) < 4.78 is 19.9. The second-order valence-electron chi connectivity index (χ2n) is 9.02. The quantitative estimate of drug-likeness (QED) is 0.511. The first-order valence-corrected chi connectivity index (χ1v) is 12.3. The highest BCUT2D eigenvalue weighted by Gasteiger charge is 2.25. The number of carbonyl (C=O) groups excluding carboxylic acids is 1. The molecule has 168 valence electrons. The van der Waals surface area contributed by atoms with Crippen LogP contribution in [0.4, 0.5) is 4.39 Å². The van der Waals surface area contributed by atoms with E-state index < -0.39 is 0 Å². The molecule has 2 fully saturated rings. The summed E-state index contributed by atoms with van der Waals surface area (Å²) in [6.07, 6.45) is 4.89. The van der Waals surface area contributed by atoms with Gasteiger partial charge in [0.2, 0.25) is 0 Å². The average molecular weight is 445 g/mol. The number of benzene rings is 1. The molecule has 0 N–H and O–H groups in total. The van der Waals surface area contributed by atoms with Gasteiger partial charge < -0.3 is 4.74 Å². The summed E-state index contributed by atoms with van der Waals surface area (Å²) in [6, 6.07) is 9.15. The Morgan fingerprint density at radius 1 is 1.23 bits per heavy atom. The van der Waals surface area contributed by atoms with Gasteiger partial charge in [0.25, 0.3) is 0 Å². The van der Waals surface area contributed by atoms with Crippen LogP contribution in [0.15, 0.2) is 35.7 Å². The number of ether oxygens (including phenoxy) is 1. The van der Waals surface area contributed by atoms with Crippen LogP contribution in [0.5, 0.6) is 0 Å². The lowest BCUT2D eigenvalue weighted by Gasteiger charge is -2.35. The molecule has 1 atom stereocenters. The van der Waals surface area contributed by atoms with Gasteiger partial charge in [0.1, 0.15) is 5.82 Å². The Kier molecular flexibility index (Phi) is 7.88. The van der Waals surface area contributed by atoms with Crippen molar-refractivity contribution < 1.29 is 13.9 Å². The van der Waals surface area contributed by atoms with E-state index in [4.69, 9.17) is 4.74 Å². The van der Waals surface area contributed by atoms with Crippen LogP contribution in [0.25, 0.3) is 0 Å². The number of nitrogens with zero attached hydrogens (tertiary/aromatic N) is 2. The number of carbonyl (C=O) groups is 1. The molecule has 3 heterocycles. The molecule has 0 unspecified atom stereocenters. The smallest absolute Gasteiger partial charge is 0.169 e. The van der Waals surface area contributed by atoms with Crippen LogP contribution >= 0.6 is 11.3 Å². The van der Waals surface area contributed by atoms with E-state index in [9.17, 15) is 9.18 Å². The van der Waals surface area contributed by atoms with E-state index in [1.54, 1.807) is 30.4 Å². The third kappa shape index (κ3) is 6.45. The van der Waals surface area contributed by atoms with Crippen molar-refractivity contribution in [2.75, 3.05) is 32.8 Å². The van der Waals surface area contributed by atoms with Crippen molar-refractivity contribution in [3.8, 4) is 0 Å². The highest BCUT2D eigenvalue weighted by atomic mass is 32.1. The average Bonchev–Trinajstić information content (AvgIpc) is 3.43. The summed E-state index contributed by atoms with van der Waals surface area (Å²) in [5.41, 5.74) is 2.02. The van der Waals surface area contributed by atoms with Crippen molar-refractivity contribution >= 4 is 17.1 Å². The first-order valence-electron chi connectivity index (χ1n) is 11.4. The maximum atomic E-state index is 14.0. The zero-order valence-corrected chi connectivity index (χ0v) is 19.2. The van der Waals surface area contributed by atoms with Crippen LogP contribution < -0.4 is 0 Å². The summed E-state index contributed by atoms with van der Waals surface area (Å²) in [7, 11) is 0. The zero-order valence-electron chi connectivity index (χ0n) is 18.4. The third-order valence-corrected chi connectivity index (χ3v) is 7.55. The number of ketones is 1. The van der Waals surface area contributed by atoms with Gasteiger partial charge in [0, 0.05) is 38.3 Å². The molecule has 2 saturated heterocycles. The predicted molar refractivity (Wildman–Crippen MR) is 123 cm³/mol. The van der Waals surface area contributed by atoms with Gasteiger partial charge in [0.15, 0.2) is 5.78 Å². The normalized spacial score (nSPS) is 20.5. The molecule has 0 bridgehead atoms. The van der Waals surface area contributed by atoms with Crippen LogP contribution in [0.1, 0.15) is 53.4 Å². The standard InChI is InChI=1S/C25H33FN2O2S/c1-19(29)25-13-21(18-31-25)15-28(17-23-6-4-12-30-23)14-20-8-10-27(11-9-20)16-22-5-2-3-7-24(22)26/h2-3,5,7,13,18,20,23H,4,6,8-12,14-17H2,1H3/t23-/m0/s1. The Bertz CT molecular complexity index is 857. The van der Waals surface area contributed by atoms with E-state index in [0.29, 0.717) is 18.6 Å². The monoisotopic (exact) mass is 444 g/mol. The number of rotatable bonds is 9. The molecule has 0 saturated carbocycles. The fourth-order valence-corrected chi connectivity index (χ4v) is 5.55. The highest BCUT2D eigenvalue weighted by Crippen LogP contribution is 2.24. The minimum Gasteiger partial charge on any atom is -0.377 e. The van der Waals surface area contributed by atoms with E-state index in [1.165, 1.54) is 5.56 Å². The second kappa shape index (κ2) is 10.8. The van der Waals surface area contributed by atoms with Gasteiger partial charge >= 0.3 is 0 Å². The lowest BCUT2D eigenvalue weighted by atomic mass is 9.95. The van der Waals surface area contributed by atoms with Crippen LogP contribution in [0, 0.1) is 11.7 Å². The molecule has 1 aromatic carbocycles. The number of thiophene rings is 1.